The molecule has 37 heavy (non-hydrogen) atoms. The van der Waals surface area contributed by atoms with Crippen molar-refractivity contribution in [2.24, 2.45) is 11.8 Å². The first kappa shape index (κ1) is 30.1. The highest BCUT2D eigenvalue weighted by Gasteiger charge is 2.40. The topological polar surface area (TPSA) is 144 Å². The van der Waals surface area contributed by atoms with Gasteiger partial charge < -0.3 is 34.6 Å². The Kier molecular flexibility index (Phi) is 11.4. The lowest BCUT2D eigenvalue weighted by atomic mass is 10.0. The van der Waals surface area contributed by atoms with Gasteiger partial charge in [-0.1, -0.05) is 27.7 Å². The monoisotopic (exact) mass is 524 g/mol. The summed E-state index contributed by atoms with van der Waals surface area (Å²) in [6.07, 6.45) is 1.01. The Balaban J connectivity index is 2.24. The van der Waals surface area contributed by atoms with Crippen molar-refractivity contribution in [1.29, 1.82) is 0 Å². The SMILES string of the molecule is CCOC(=O)C(OC(C)=O)=C(NC(=O)[C@@H]1CCCN1C(=O)C(NC(=O)N1CCOCC1)C(C)C)C(C)C. The second-order valence-electron chi connectivity index (χ2n) is 9.66. The highest BCUT2D eigenvalue weighted by Crippen LogP contribution is 2.23. The molecule has 0 spiro atoms. The summed E-state index contributed by atoms with van der Waals surface area (Å²) < 4.78 is 15.4. The maximum Gasteiger partial charge on any atom is 0.376 e. The molecule has 4 amide bonds. The minimum absolute atomic E-state index is 0.0561. The van der Waals surface area contributed by atoms with Gasteiger partial charge in [0.1, 0.15) is 12.1 Å². The molecule has 0 aliphatic carbocycles. The lowest BCUT2D eigenvalue weighted by Crippen LogP contribution is -2.58. The van der Waals surface area contributed by atoms with Crippen LogP contribution in [0.15, 0.2) is 11.5 Å². The molecule has 0 radical (unpaired) electrons. The number of nitrogens with one attached hydrogen (secondary N) is 2. The largest absolute Gasteiger partial charge is 0.460 e. The number of allylic oxidation sites excluding steroid dienone is 1. The second-order valence-corrected chi connectivity index (χ2v) is 9.66. The third kappa shape index (κ3) is 8.17. The van der Waals surface area contributed by atoms with Crippen LogP contribution >= 0.6 is 0 Å². The van der Waals surface area contributed by atoms with Crippen LogP contribution in [-0.2, 0) is 33.4 Å². The van der Waals surface area contributed by atoms with E-state index in [2.05, 4.69) is 10.6 Å². The van der Waals surface area contributed by atoms with Gasteiger partial charge in [0.2, 0.25) is 17.6 Å². The number of carbonyl (C=O) groups excluding carboxylic acids is 5. The van der Waals surface area contributed by atoms with Crippen molar-refractivity contribution < 1.29 is 38.2 Å². The summed E-state index contributed by atoms with van der Waals surface area (Å²) in [4.78, 5) is 66.9. The molecule has 2 saturated heterocycles. The van der Waals surface area contributed by atoms with Crippen molar-refractivity contribution in [3.63, 3.8) is 0 Å². The molecule has 0 aromatic heterocycles. The number of nitrogens with zero attached hydrogens (tertiary/aromatic N) is 2. The smallest absolute Gasteiger partial charge is 0.376 e. The van der Waals surface area contributed by atoms with Crippen LogP contribution in [0, 0.1) is 11.8 Å². The summed E-state index contributed by atoms with van der Waals surface area (Å²) in [6.45, 7) is 12.0. The van der Waals surface area contributed by atoms with Crippen molar-refractivity contribution in [3.8, 4) is 0 Å². The molecule has 0 saturated carbocycles. The van der Waals surface area contributed by atoms with E-state index in [1.807, 2.05) is 13.8 Å². The molecule has 12 nitrogen and oxygen atoms in total. The molecule has 12 heteroatoms. The van der Waals surface area contributed by atoms with Crippen molar-refractivity contribution in [1.82, 2.24) is 20.4 Å². The summed E-state index contributed by atoms with van der Waals surface area (Å²) in [7, 11) is 0. The lowest BCUT2D eigenvalue weighted by Gasteiger charge is -2.33. The summed E-state index contributed by atoms with van der Waals surface area (Å²) in [6, 6.07) is -1.98. The van der Waals surface area contributed by atoms with Gasteiger partial charge in [0, 0.05) is 26.6 Å². The zero-order chi connectivity index (χ0) is 27.7. The molecule has 0 aromatic carbocycles. The number of esters is 2. The molecule has 2 heterocycles. The fourth-order valence-electron chi connectivity index (χ4n) is 4.21. The number of hydrogen-bond acceptors (Lipinski definition) is 8. The number of morpholine rings is 1. The van der Waals surface area contributed by atoms with Gasteiger partial charge in [-0.2, -0.15) is 0 Å². The summed E-state index contributed by atoms with van der Waals surface area (Å²) in [5.41, 5.74) is 0.0963. The first-order valence-corrected chi connectivity index (χ1v) is 12.8. The molecule has 1 unspecified atom stereocenters. The first-order chi connectivity index (χ1) is 17.5. The van der Waals surface area contributed by atoms with Gasteiger partial charge in [-0.25, -0.2) is 9.59 Å². The number of likely N-dealkylation sites (tertiary alicyclic amines) is 1. The van der Waals surface area contributed by atoms with Gasteiger partial charge in [0.25, 0.3) is 0 Å². The van der Waals surface area contributed by atoms with E-state index in [1.54, 1.807) is 25.7 Å². The Morgan fingerprint density at radius 3 is 2.22 bits per heavy atom. The molecule has 2 rings (SSSR count). The van der Waals surface area contributed by atoms with Crippen LogP contribution < -0.4 is 10.6 Å². The Morgan fingerprint density at radius 1 is 1.03 bits per heavy atom. The molecular weight excluding hydrogens is 484 g/mol. The lowest BCUT2D eigenvalue weighted by molar-refractivity contribution is -0.150. The Labute approximate surface area is 218 Å². The molecule has 2 aliphatic heterocycles. The fraction of sp³-hybridized carbons (Fsp3) is 0.720. The van der Waals surface area contributed by atoms with Gasteiger partial charge in [0.15, 0.2) is 0 Å². The van der Waals surface area contributed by atoms with Crippen molar-refractivity contribution in [3.05, 3.63) is 11.5 Å². The third-order valence-corrected chi connectivity index (χ3v) is 6.13. The van der Waals surface area contributed by atoms with Crippen molar-refractivity contribution in [2.75, 3.05) is 39.5 Å². The summed E-state index contributed by atoms with van der Waals surface area (Å²) in [5, 5.41) is 5.54. The fourth-order valence-corrected chi connectivity index (χ4v) is 4.21. The van der Waals surface area contributed by atoms with Gasteiger partial charge >= 0.3 is 18.0 Å². The van der Waals surface area contributed by atoms with Gasteiger partial charge in [-0.05, 0) is 31.6 Å². The van der Waals surface area contributed by atoms with Crippen molar-refractivity contribution >= 4 is 29.8 Å². The Hall–Kier alpha value is -3.15. The molecule has 2 fully saturated rings. The number of amides is 4. The van der Waals surface area contributed by atoms with Crippen LogP contribution in [0.2, 0.25) is 0 Å². The van der Waals surface area contributed by atoms with Gasteiger partial charge in [-0.3, -0.25) is 14.4 Å². The zero-order valence-electron chi connectivity index (χ0n) is 22.6. The van der Waals surface area contributed by atoms with Gasteiger partial charge in [-0.15, -0.1) is 0 Å². The van der Waals surface area contributed by atoms with E-state index < -0.39 is 35.8 Å². The summed E-state index contributed by atoms with van der Waals surface area (Å²) >= 11 is 0. The van der Waals surface area contributed by atoms with Crippen LogP contribution in [0.1, 0.15) is 54.4 Å². The standard InChI is InChI=1S/C25H40N4O8/c1-7-36-24(33)21(37-17(6)30)19(15(2)3)26-22(31)18-9-8-10-29(18)23(32)20(16(4)5)27-25(34)28-11-13-35-14-12-28/h15-16,18,20H,7-14H2,1-6H3,(H,26,31)(H,27,34)/t18-,20?/m0/s1. The molecule has 2 aliphatic rings. The molecule has 2 N–H and O–H groups in total. The number of rotatable bonds is 9. The minimum atomic E-state index is -0.869. The predicted octanol–water partition coefficient (Wildman–Crippen LogP) is 1.15. The normalized spacial score (nSPS) is 19.3. The number of urea groups is 1. The average Bonchev–Trinajstić information content (AvgIpc) is 3.34. The highest BCUT2D eigenvalue weighted by molar-refractivity contribution is 5.95. The molecule has 208 valence electrons. The molecular formula is C25H40N4O8. The Morgan fingerprint density at radius 2 is 1.68 bits per heavy atom. The van der Waals surface area contributed by atoms with E-state index in [0.29, 0.717) is 45.7 Å². The van der Waals surface area contributed by atoms with E-state index in [1.165, 1.54) is 4.90 Å². The molecule has 2 atom stereocenters. The maximum absolute atomic E-state index is 13.5. The predicted molar refractivity (Wildman–Crippen MR) is 133 cm³/mol. The minimum Gasteiger partial charge on any atom is -0.460 e. The van der Waals surface area contributed by atoms with E-state index in [9.17, 15) is 24.0 Å². The maximum atomic E-state index is 13.5. The number of ether oxygens (including phenoxy) is 3. The zero-order valence-corrected chi connectivity index (χ0v) is 22.6. The van der Waals surface area contributed by atoms with E-state index in [4.69, 9.17) is 14.2 Å². The third-order valence-electron chi connectivity index (χ3n) is 6.13. The second kappa shape index (κ2) is 14.0. The van der Waals surface area contributed by atoms with Crippen LogP contribution in [0.4, 0.5) is 4.79 Å². The van der Waals surface area contributed by atoms with Crippen LogP contribution in [0.25, 0.3) is 0 Å². The van der Waals surface area contributed by atoms with Gasteiger partial charge in [0.05, 0.1) is 25.5 Å². The number of hydrogen-bond donors (Lipinski definition) is 2. The highest BCUT2D eigenvalue weighted by atomic mass is 16.6. The van der Waals surface area contributed by atoms with E-state index in [-0.39, 0.29) is 35.9 Å². The van der Waals surface area contributed by atoms with Crippen LogP contribution in [0.3, 0.4) is 0 Å². The summed E-state index contributed by atoms with van der Waals surface area (Å²) in [5.74, 6) is -3.46. The quantitative estimate of drug-likeness (QED) is 0.260. The molecule has 0 bridgehead atoms. The van der Waals surface area contributed by atoms with E-state index >= 15 is 0 Å². The Bertz CT molecular complexity index is 895. The van der Waals surface area contributed by atoms with Crippen molar-refractivity contribution in [2.45, 2.75) is 66.5 Å². The average molecular weight is 525 g/mol. The number of carbonyl (C=O) groups is 5. The van der Waals surface area contributed by atoms with Crippen LogP contribution in [0.5, 0.6) is 0 Å². The molecule has 0 aromatic rings. The van der Waals surface area contributed by atoms with Crippen LogP contribution in [-0.4, -0.2) is 91.1 Å². The van der Waals surface area contributed by atoms with E-state index in [0.717, 1.165) is 6.92 Å². The first-order valence-electron chi connectivity index (χ1n) is 12.8.